The SMILES string of the molecule is O=C1CCCCC[C@H]1Sc1nc2ccccc2c(=O)n1-c1ccc(OC(F)F)cc1. The number of carbonyl (C=O) groups is 1. The van der Waals surface area contributed by atoms with E-state index in [-0.39, 0.29) is 22.3 Å². The fourth-order valence-corrected chi connectivity index (χ4v) is 4.81. The molecule has 3 aromatic rings. The zero-order chi connectivity index (χ0) is 21.1. The second-order valence-electron chi connectivity index (χ2n) is 7.10. The largest absolute Gasteiger partial charge is 0.435 e. The lowest BCUT2D eigenvalue weighted by Gasteiger charge is -2.17. The summed E-state index contributed by atoms with van der Waals surface area (Å²) in [7, 11) is 0. The molecule has 0 aliphatic heterocycles. The Morgan fingerprint density at radius 1 is 1.03 bits per heavy atom. The van der Waals surface area contributed by atoms with Crippen LogP contribution < -0.4 is 10.3 Å². The molecule has 8 heteroatoms. The van der Waals surface area contributed by atoms with Crippen LogP contribution in [0.25, 0.3) is 16.6 Å². The normalized spacial score (nSPS) is 17.3. The summed E-state index contributed by atoms with van der Waals surface area (Å²) < 4.78 is 30.7. The number of para-hydroxylation sites is 1. The zero-order valence-electron chi connectivity index (χ0n) is 16.1. The molecule has 0 unspecified atom stereocenters. The highest BCUT2D eigenvalue weighted by atomic mass is 32.2. The van der Waals surface area contributed by atoms with Crippen molar-refractivity contribution in [3.05, 3.63) is 58.9 Å². The van der Waals surface area contributed by atoms with Crippen molar-refractivity contribution in [3.63, 3.8) is 0 Å². The van der Waals surface area contributed by atoms with Crippen molar-refractivity contribution < 1.29 is 18.3 Å². The predicted octanol–water partition coefficient (Wildman–Crippen LogP) is 4.98. The summed E-state index contributed by atoms with van der Waals surface area (Å²) in [6, 6.07) is 12.9. The van der Waals surface area contributed by atoms with Crippen molar-refractivity contribution in [1.29, 1.82) is 0 Å². The van der Waals surface area contributed by atoms with E-state index in [9.17, 15) is 18.4 Å². The van der Waals surface area contributed by atoms with Crippen LogP contribution in [0.4, 0.5) is 8.78 Å². The maximum Gasteiger partial charge on any atom is 0.387 e. The van der Waals surface area contributed by atoms with Crippen molar-refractivity contribution in [1.82, 2.24) is 9.55 Å². The number of hydrogen-bond donors (Lipinski definition) is 0. The number of hydrogen-bond acceptors (Lipinski definition) is 5. The number of Topliss-reactive ketones (excluding diaryl/α,β-unsaturated/α-hetero) is 1. The minimum Gasteiger partial charge on any atom is -0.435 e. The van der Waals surface area contributed by atoms with Crippen LogP contribution in [0.5, 0.6) is 5.75 Å². The van der Waals surface area contributed by atoms with E-state index in [0.717, 1.165) is 25.7 Å². The molecule has 0 spiro atoms. The van der Waals surface area contributed by atoms with Gasteiger partial charge in [0.05, 0.1) is 21.8 Å². The summed E-state index contributed by atoms with van der Waals surface area (Å²) >= 11 is 1.30. The van der Waals surface area contributed by atoms with E-state index in [2.05, 4.69) is 9.72 Å². The van der Waals surface area contributed by atoms with Crippen LogP contribution in [0.2, 0.25) is 0 Å². The first-order valence-electron chi connectivity index (χ1n) is 9.79. The van der Waals surface area contributed by atoms with Gasteiger partial charge in [0.1, 0.15) is 11.5 Å². The van der Waals surface area contributed by atoms with E-state index in [1.165, 1.54) is 40.6 Å². The molecule has 1 aliphatic rings. The minimum atomic E-state index is -2.92. The second-order valence-corrected chi connectivity index (χ2v) is 8.27. The smallest absolute Gasteiger partial charge is 0.387 e. The lowest BCUT2D eigenvalue weighted by Crippen LogP contribution is -2.24. The topological polar surface area (TPSA) is 61.2 Å². The molecule has 30 heavy (non-hydrogen) atoms. The molecule has 1 heterocycles. The molecule has 1 saturated carbocycles. The summed E-state index contributed by atoms with van der Waals surface area (Å²) in [5.74, 6) is 0.177. The van der Waals surface area contributed by atoms with Gasteiger partial charge in [-0.25, -0.2) is 4.98 Å². The van der Waals surface area contributed by atoms with Crippen molar-refractivity contribution >= 4 is 28.4 Å². The number of rotatable bonds is 5. The van der Waals surface area contributed by atoms with Gasteiger partial charge in [-0.15, -0.1) is 0 Å². The third kappa shape index (κ3) is 4.38. The molecule has 1 atom stereocenters. The summed E-state index contributed by atoms with van der Waals surface area (Å²) in [6.07, 6.45) is 4.15. The maximum atomic E-state index is 13.3. The molecule has 0 amide bonds. The second kappa shape index (κ2) is 8.95. The van der Waals surface area contributed by atoms with Gasteiger partial charge in [0.25, 0.3) is 5.56 Å². The van der Waals surface area contributed by atoms with Crippen LogP contribution in [0.1, 0.15) is 32.1 Å². The molecule has 2 aromatic carbocycles. The van der Waals surface area contributed by atoms with Gasteiger partial charge in [-0.1, -0.05) is 36.7 Å². The Bertz CT molecular complexity index is 1120. The third-order valence-corrected chi connectivity index (χ3v) is 6.33. The number of ketones is 1. The number of alkyl halides is 2. The van der Waals surface area contributed by atoms with Crippen LogP contribution in [-0.4, -0.2) is 27.2 Å². The van der Waals surface area contributed by atoms with Crippen LogP contribution in [0.3, 0.4) is 0 Å². The van der Waals surface area contributed by atoms with E-state index < -0.39 is 6.61 Å². The lowest BCUT2D eigenvalue weighted by molar-refractivity contribution is -0.118. The Morgan fingerprint density at radius 3 is 2.57 bits per heavy atom. The zero-order valence-corrected chi connectivity index (χ0v) is 16.9. The number of nitrogens with zero attached hydrogens (tertiary/aromatic N) is 2. The first kappa shape index (κ1) is 20.5. The van der Waals surface area contributed by atoms with E-state index >= 15 is 0 Å². The maximum absolute atomic E-state index is 13.3. The quantitative estimate of drug-likeness (QED) is 0.422. The molecule has 0 N–H and O–H groups in total. The monoisotopic (exact) mass is 430 g/mol. The molecule has 1 fully saturated rings. The first-order valence-corrected chi connectivity index (χ1v) is 10.7. The van der Waals surface area contributed by atoms with Gasteiger partial charge in [-0.2, -0.15) is 8.78 Å². The van der Waals surface area contributed by atoms with Gasteiger partial charge in [0.2, 0.25) is 0 Å². The standard InChI is InChI=1S/C22H20F2N2O3S/c23-21(24)29-15-12-10-14(11-13-15)26-20(28)16-6-4-5-7-17(16)25-22(26)30-19-9-3-1-2-8-18(19)27/h4-7,10-13,19,21H,1-3,8-9H2/t19-/m1/s1. The van der Waals surface area contributed by atoms with Crippen molar-refractivity contribution in [2.75, 3.05) is 0 Å². The Kier molecular flexibility index (Phi) is 6.13. The van der Waals surface area contributed by atoms with Crippen LogP contribution in [0.15, 0.2) is 58.5 Å². The molecular weight excluding hydrogens is 410 g/mol. The Labute approximate surface area is 176 Å². The highest BCUT2D eigenvalue weighted by Gasteiger charge is 2.25. The average Bonchev–Trinajstić information content (AvgIpc) is 2.93. The van der Waals surface area contributed by atoms with Gasteiger partial charge < -0.3 is 4.74 Å². The number of fused-ring (bicyclic) bond motifs is 1. The first-order chi connectivity index (χ1) is 14.5. The Hall–Kier alpha value is -2.74. The van der Waals surface area contributed by atoms with E-state index in [4.69, 9.17) is 0 Å². The molecule has 156 valence electrons. The van der Waals surface area contributed by atoms with E-state index in [1.54, 1.807) is 24.3 Å². The molecule has 0 bridgehead atoms. The summed E-state index contributed by atoms with van der Waals surface area (Å²) in [5.41, 5.74) is 0.759. The molecule has 1 aliphatic carbocycles. The number of benzene rings is 2. The molecule has 5 nitrogen and oxygen atoms in total. The van der Waals surface area contributed by atoms with Gasteiger partial charge in [-0.3, -0.25) is 14.2 Å². The molecule has 0 saturated heterocycles. The minimum absolute atomic E-state index is 0.00342. The lowest BCUT2D eigenvalue weighted by atomic mass is 10.2. The highest BCUT2D eigenvalue weighted by Crippen LogP contribution is 2.31. The number of thioether (sulfide) groups is 1. The summed E-state index contributed by atoms with van der Waals surface area (Å²) in [6.45, 7) is -2.92. The number of carbonyl (C=O) groups excluding carboxylic acids is 1. The highest BCUT2D eigenvalue weighted by molar-refractivity contribution is 8.00. The average molecular weight is 430 g/mol. The van der Waals surface area contributed by atoms with Crippen LogP contribution in [0, 0.1) is 0 Å². The molecule has 4 rings (SSSR count). The van der Waals surface area contributed by atoms with Gasteiger partial charge in [-0.05, 0) is 49.2 Å². The van der Waals surface area contributed by atoms with E-state index in [0.29, 0.717) is 28.2 Å². The van der Waals surface area contributed by atoms with Crippen molar-refractivity contribution in [2.45, 2.75) is 49.1 Å². The molecule has 0 radical (unpaired) electrons. The third-order valence-electron chi connectivity index (χ3n) is 5.06. The number of aromatic nitrogens is 2. The van der Waals surface area contributed by atoms with E-state index in [1.807, 2.05) is 0 Å². The number of halogens is 2. The van der Waals surface area contributed by atoms with Crippen molar-refractivity contribution in [3.8, 4) is 11.4 Å². The Morgan fingerprint density at radius 2 is 1.80 bits per heavy atom. The molecule has 1 aromatic heterocycles. The van der Waals surface area contributed by atoms with Crippen LogP contribution in [-0.2, 0) is 4.79 Å². The fourth-order valence-electron chi connectivity index (χ4n) is 3.58. The Balaban J connectivity index is 1.80. The summed E-state index contributed by atoms with van der Waals surface area (Å²) in [5, 5.41) is 0.608. The van der Waals surface area contributed by atoms with Gasteiger partial charge >= 0.3 is 6.61 Å². The fraction of sp³-hybridized carbons (Fsp3) is 0.318. The predicted molar refractivity (Wildman–Crippen MR) is 112 cm³/mol. The summed E-state index contributed by atoms with van der Waals surface area (Å²) in [4.78, 5) is 30.5. The van der Waals surface area contributed by atoms with Gasteiger partial charge in [0, 0.05) is 6.42 Å². The number of ether oxygens (including phenoxy) is 1. The van der Waals surface area contributed by atoms with Gasteiger partial charge in [0.15, 0.2) is 5.16 Å². The van der Waals surface area contributed by atoms with Crippen molar-refractivity contribution in [2.24, 2.45) is 0 Å². The van der Waals surface area contributed by atoms with Crippen LogP contribution >= 0.6 is 11.8 Å². The molecular formula is C22H20F2N2O3S.